The molecule has 0 radical (unpaired) electrons. The van der Waals surface area contributed by atoms with Gasteiger partial charge in [-0.3, -0.25) is 10.0 Å². The van der Waals surface area contributed by atoms with Crippen molar-refractivity contribution >= 4 is 0 Å². The van der Waals surface area contributed by atoms with E-state index < -0.39 is 0 Å². The van der Waals surface area contributed by atoms with Crippen molar-refractivity contribution in [2.45, 2.75) is 79.6 Å². The normalized spacial score (nSPS) is 12.5. The predicted molar refractivity (Wildman–Crippen MR) is 69.1 cm³/mol. The molecule has 0 aliphatic heterocycles. The topological polar surface area (TPSA) is 31.2 Å². The zero-order chi connectivity index (χ0) is 12.9. The molecule has 4 nitrogen and oxygen atoms in total. The Morgan fingerprint density at radius 2 is 0.688 bits per heavy atom. The van der Waals surface area contributed by atoms with Crippen molar-refractivity contribution in [2.75, 3.05) is 0 Å². The molecule has 0 heterocycles. The first-order chi connectivity index (χ1) is 7.27. The zero-order valence-corrected chi connectivity index (χ0v) is 12.1. The Bertz CT molecular complexity index is 171. The molecule has 0 saturated heterocycles. The van der Waals surface area contributed by atoms with Gasteiger partial charge in [0, 0.05) is 24.2 Å². The second kappa shape index (κ2) is 6.71. The fourth-order valence-corrected chi connectivity index (χ4v) is 1.70. The van der Waals surface area contributed by atoms with Gasteiger partial charge >= 0.3 is 0 Å². The van der Waals surface area contributed by atoms with Crippen LogP contribution in [0.4, 0.5) is 0 Å². The lowest BCUT2D eigenvalue weighted by Crippen LogP contribution is -2.35. The van der Waals surface area contributed by atoms with Gasteiger partial charge in [-0.05, 0) is 55.4 Å². The third kappa shape index (κ3) is 4.81. The molecule has 0 aromatic rings. The second-order valence-electron chi connectivity index (χ2n) is 5.31. The molecule has 0 rings (SSSR count). The number of hydrogen-bond acceptors (Lipinski definition) is 2. The van der Waals surface area contributed by atoms with Gasteiger partial charge in [-0.25, -0.2) is 0 Å². The molecular formula is C12H28N4. The van der Waals surface area contributed by atoms with Crippen LogP contribution in [0.2, 0.25) is 0 Å². The van der Waals surface area contributed by atoms with Crippen LogP contribution in [0.5, 0.6) is 0 Å². The van der Waals surface area contributed by atoms with Crippen LogP contribution < -0.4 is 0 Å². The minimum absolute atomic E-state index is 0.380. The van der Waals surface area contributed by atoms with Gasteiger partial charge in [-0.1, -0.05) is 10.4 Å². The van der Waals surface area contributed by atoms with Crippen LogP contribution in [0.1, 0.15) is 55.4 Å². The maximum atomic E-state index is 4.35. The Morgan fingerprint density at radius 1 is 0.500 bits per heavy atom. The molecule has 0 aromatic carbocycles. The minimum Gasteiger partial charge on any atom is -0.272 e. The molecule has 0 unspecified atom stereocenters. The summed E-state index contributed by atoms with van der Waals surface area (Å²) in [5.41, 5.74) is 0. The van der Waals surface area contributed by atoms with Crippen LogP contribution >= 0.6 is 0 Å². The summed E-state index contributed by atoms with van der Waals surface area (Å²) in [4.78, 5) is 0. The van der Waals surface area contributed by atoms with Crippen molar-refractivity contribution in [3.05, 3.63) is 0 Å². The van der Waals surface area contributed by atoms with Gasteiger partial charge < -0.3 is 0 Å². The zero-order valence-electron chi connectivity index (χ0n) is 12.1. The van der Waals surface area contributed by atoms with Gasteiger partial charge in [-0.15, -0.1) is 0 Å². The maximum Gasteiger partial charge on any atom is 0.0434 e. The van der Waals surface area contributed by atoms with Gasteiger partial charge in [0.1, 0.15) is 0 Å². The van der Waals surface area contributed by atoms with E-state index in [-0.39, 0.29) is 0 Å². The second-order valence-corrected chi connectivity index (χ2v) is 5.31. The van der Waals surface area contributed by atoms with E-state index in [1.165, 1.54) is 0 Å². The smallest absolute Gasteiger partial charge is 0.0434 e. The van der Waals surface area contributed by atoms with Crippen LogP contribution in [-0.2, 0) is 0 Å². The van der Waals surface area contributed by atoms with Gasteiger partial charge in [0.05, 0.1) is 0 Å². The SMILES string of the molecule is CC(C)N(/N=N/N(C(C)C)C(C)C)C(C)C. The molecule has 0 aliphatic carbocycles. The fourth-order valence-electron chi connectivity index (χ4n) is 1.70. The predicted octanol–water partition coefficient (Wildman–Crippen LogP) is 3.51. The first-order valence-corrected chi connectivity index (χ1v) is 6.25. The Balaban J connectivity index is 4.63. The van der Waals surface area contributed by atoms with Gasteiger partial charge in [0.25, 0.3) is 0 Å². The molecule has 0 saturated carbocycles. The third-order valence-corrected chi connectivity index (χ3v) is 2.36. The Hall–Kier alpha value is -0.800. The Morgan fingerprint density at radius 3 is 0.812 bits per heavy atom. The van der Waals surface area contributed by atoms with Crippen LogP contribution in [0.3, 0.4) is 0 Å². The molecule has 0 atom stereocenters. The molecule has 96 valence electrons. The highest BCUT2D eigenvalue weighted by Gasteiger charge is 2.14. The van der Waals surface area contributed by atoms with E-state index in [2.05, 4.69) is 65.8 Å². The van der Waals surface area contributed by atoms with E-state index in [1.807, 2.05) is 10.0 Å². The van der Waals surface area contributed by atoms with Crippen LogP contribution in [0.15, 0.2) is 10.4 Å². The summed E-state index contributed by atoms with van der Waals surface area (Å²) >= 11 is 0. The fraction of sp³-hybridized carbons (Fsp3) is 1.00. The summed E-state index contributed by atoms with van der Waals surface area (Å²) in [6.45, 7) is 17.1. The summed E-state index contributed by atoms with van der Waals surface area (Å²) in [5.74, 6) is 0. The molecule has 16 heavy (non-hydrogen) atoms. The molecule has 0 aromatic heterocycles. The summed E-state index contributed by atoms with van der Waals surface area (Å²) in [7, 11) is 0. The average molecular weight is 228 g/mol. The average Bonchev–Trinajstić information content (AvgIpc) is 2.09. The van der Waals surface area contributed by atoms with E-state index in [1.54, 1.807) is 0 Å². The van der Waals surface area contributed by atoms with E-state index in [4.69, 9.17) is 0 Å². The van der Waals surface area contributed by atoms with Crippen LogP contribution in [0, 0.1) is 0 Å². The van der Waals surface area contributed by atoms with Crippen molar-refractivity contribution in [2.24, 2.45) is 10.4 Å². The van der Waals surface area contributed by atoms with Gasteiger partial charge in [-0.2, -0.15) is 0 Å². The molecule has 0 fully saturated rings. The highest BCUT2D eigenvalue weighted by molar-refractivity contribution is 4.63. The van der Waals surface area contributed by atoms with Crippen molar-refractivity contribution in [3.8, 4) is 0 Å². The van der Waals surface area contributed by atoms with E-state index >= 15 is 0 Å². The molecule has 0 amide bonds. The van der Waals surface area contributed by atoms with Crippen molar-refractivity contribution in [3.63, 3.8) is 0 Å². The van der Waals surface area contributed by atoms with Crippen molar-refractivity contribution in [1.82, 2.24) is 10.0 Å². The lowest BCUT2D eigenvalue weighted by Gasteiger charge is -2.30. The molecule has 0 spiro atoms. The highest BCUT2D eigenvalue weighted by Crippen LogP contribution is 2.10. The number of rotatable bonds is 6. The minimum atomic E-state index is 0.380. The standard InChI is InChI=1S/C12H28N4/c1-9(2)15(10(3)4)13-14-16(11(5)6)12(7)8/h9-12H,1-8H3/b14-13+. The lowest BCUT2D eigenvalue weighted by atomic mass is 10.3. The molecule has 0 bridgehead atoms. The highest BCUT2D eigenvalue weighted by atomic mass is 15.7. The molecule has 0 aliphatic rings. The lowest BCUT2D eigenvalue weighted by molar-refractivity contribution is 0.106. The summed E-state index contributed by atoms with van der Waals surface area (Å²) in [5, 5.41) is 12.8. The van der Waals surface area contributed by atoms with E-state index in [0.29, 0.717) is 24.2 Å². The summed E-state index contributed by atoms with van der Waals surface area (Å²) in [6.07, 6.45) is 0. The summed E-state index contributed by atoms with van der Waals surface area (Å²) in [6, 6.07) is 1.52. The largest absolute Gasteiger partial charge is 0.272 e. The Kier molecular flexibility index (Phi) is 6.38. The van der Waals surface area contributed by atoms with E-state index in [0.717, 1.165) is 0 Å². The van der Waals surface area contributed by atoms with Crippen molar-refractivity contribution in [1.29, 1.82) is 0 Å². The molecule has 0 N–H and O–H groups in total. The number of hydrogen-bond donors (Lipinski definition) is 0. The van der Waals surface area contributed by atoms with Crippen LogP contribution in [0.25, 0.3) is 0 Å². The van der Waals surface area contributed by atoms with Gasteiger partial charge in [0.2, 0.25) is 0 Å². The molecular weight excluding hydrogens is 200 g/mol. The molecule has 4 heteroatoms. The van der Waals surface area contributed by atoms with Gasteiger partial charge in [0.15, 0.2) is 0 Å². The first kappa shape index (κ1) is 15.2. The van der Waals surface area contributed by atoms with E-state index in [9.17, 15) is 0 Å². The quantitative estimate of drug-likeness (QED) is 0.514. The maximum absolute atomic E-state index is 4.35. The Labute approximate surface area is 101 Å². The third-order valence-electron chi connectivity index (χ3n) is 2.36. The van der Waals surface area contributed by atoms with Crippen molar-refractivity contribution < 1.29 is 0 Å². The summed E-state index contributed by atoms with van der Waals surface area (Å²) < 4.78 is 0. The number of nitrogens with zero attached hydrogens (tertiary/aromatic N) is 4. The first-order valence-electron chi connectivity index (χ1n) is 6.25. The monoisotopic (exact) mass is 228 g/mol. The van der Waals surface area contributed by atoms with Crippen LogP contribution in [-0.4, -0.2) is 34.2 Å².